The molecular weight excluding hydrogens is 304 g/mol. The molecule has 0 radical (unpaired) electrons. The van der Waals surface area contributed by atoms with E-state index in [1.807, 2.05) is 13.8 Å². The summed E-state index contributed by atoms with van der Waals surface area (Å²) in [5.74, 6) is 0.00836. The Kier molecular flexibility index (Phi) is 6.68. The lowest BCUT2D eigenvalue weighted by atomic mass is 9.79. The van der Waals surface area contributed by atoms with Gasteiger partial charge in [-0.25, -0.2) is 4.79 Å². The lowest BCUT2D eigenvalue weighted by Gasteiger charge is -2.48. The Morgan fingerprint density at radius 3 is 2.12 bits per heavy atom. The molecule has 1 fully saturated rings. The standard InChI is InChI=1S/C20H36O4/c1-9-20(10-2,24-19(7,8)18(5,6)22)15-11-12-16(13-15)23-17(21)14(3)4/h15-16,22H,3,9-13H2,1-2,4-8H3. The number of rotatable bonds is 8. The molecule has 0 aliphatic heterocycles. The zero-order valence-corrected chi connectivity index (χ0v) is 16.6. The molecule has 24 heavy (non-hydrogen) atoms. The van der Waals surface area contributed by atoms with E-state index in [0.29, 0.717) is 11.5 Å². The molecule has 0 bridgehead atoms. The smallest absolute Gasteiger partial charge is 0.333 e. The van der Waals surface area contributed by atoms with Crippen LogP contribution in [0.3, 0.4) is 0 Å². The summed E-state index contributed by atoms with van der Waals surface area (Å²) >= 11 is 0. The van der Waals surface area contributed by atoms with Crippen molar-refractivity contribution >= 4 is 5.97 Å². The lowest BCUT2D eigenvalue weighted by Crippen LogP contribution is -2.55. The molecular formula is C20H36O4. The van der Waals surface area contributed by atoms with Gasteiger partial charge in [-0.1, -0.05) is 20.4 Å². The topological polar surface area (TPSA) is 55.8 Å². The third-order valence-corrected chi connectivity index (χ3v) is 5.88. The van der Waals surface area contributed by atoms with Crippen molar-refractivity contribution in [2.24, 2.45) is 5.92 Å². The first-order valence-corrected chi connectivity index (χ1v) is 9.17. The first-order chi connectivity index (χ1) is 10.9. The van der Waals surface area contributed by atoms with Crippen LogP contribution in [0, 0.1) is 5.92 Å². The highest BCUT2D eigenvalue weighted by Crippen LogP contribution is 2.45. The average molecular weight is 341 g/mol. The largest absolute Gasteiger partial charge is 0.459 e. The molecule has 0 spiro atoms. The van der Waals surface area contributed by atoms with Gasteiger partial charge in [-0.2, -0.15) is 0 Å². The molecule has 2 unspecified atom stereocenters. The molecule has 0 amide bonds. The molecule has 140 valence electrons. The van der Waals surface area contributed by atoms with Crippen LogP contribution in [0.25, 0.3) is 0 Å². The van der Waals surface area contributed by atoms with Crippen LogP contribution < -0.4 is 0 Å². The highest BCUT2D eigenvalue weighted by Gasteiger charge is 2.48. The van der Waals surface area contributed by atoms with Gasteiger partial charge in [-0.3, -0.25) is 0 Å². The van der Waals surface area contributed by atoms with Crippen molar-refractivity contribution in [1.29, 1.82) is 0 Å². The monoisotopic (exact) mass is 340 g/mol. The van der Waals surface area contributed by atoms with Gasteiger partial charge in [-0.05, 0) is 72.6 Å². The maximum atomic E-state index is 11.8. The van der Waals surface area contributed by atoms with E-state index in [2.05, 4.69) is 20.4 Å². The summed E-state index contributed by atoms with van der Waals surface area (Å²) in [4.78, 5) is 11.8. The number of hydrogen-bond acceptors (Lipinski definition) is 4. The van der Waals surface area contributed by atoms with Gasteiger partial charge in [0.05, 0.1) is 16.8 Å². The fourth-order valence-corrected chi connectivity index (χ4v) is 3.47. The summed E-state index contributed by atoms with van der Waals surface area (Å²) in [6.45, 7) is 17.1. The normalized spacial score (nSPS) is 22.5. The van der Waals surface area contributed by atoms with Crippen molar-refractivity contribution in [1.82, 2.24) is 0 Å². The van der Waals surface area contributed by atoms with E-state index in [-0.39, 0.29) is 17.7 Å². The molecule has 1 aliphatic rings. The minimum atomic E-state index is -0.937. The Morgan fingerprint density at radius 1 is 1.17 bits per heavy atom. The molecule has 0 aromatic rings. The lowest BCUT2D eigenvalue weighted by molar-refractivity contribution is -0.233. The molecule has 2 atom stereocenters. The summed E-state index contributed by atoms with van der Waals surface area (Å²) in [5.41, 5.74) is -1.47. The molecule has 0 aromatic carbocycles. The van der Waals surface area contributed by atoms with Gasteiger partial charge in [0.25, 0.3) is 0 Å². The SMILES string of the molecule is C=C(C)C(=O)OC1CCC(C(CC)(CC)OC(C)(C)C(C)(C)O)C1. The van der Waals surface area contributed by atoms with Crippen molar-refractivity contribution in [2.45, 2.75) is 103 Å². The molecule has 0 aromatic heterocycles. The molecule has 0 saturated heterocycles. The summed E-state index contributed by atoms with van der Waals surface area (Å²) in [7, 11) is 0. The maximum Gasteiger partial charge on any atom is 0.333 e. The molecule has 1 aliphatic carbocycles. The number of ether oxygens (including phenoxy) is 2. The molecule has 1 N–H and O–H groups in total. The van der Waals surface area contributed by atoms with E-state index in [1.54, 1.807) is 20.8 Å². The summed E-state index contributed by atoms with van der Waals surface area (Å²) in [5, 5.41) is 10.5. The first-order valence-electron chi connectivity index (χ1n) is 9.17. The van der Waals surface area contributed by atoms with Gasteiger partial charge in [0.1, 0.15) is 6.10 Å². The van der Waals surface area contributed by atoms with E-state index in [4.69, 9.17) is 9.47 Å². The van der Waals surface area contributed by atoms with Crippen molar-refractivity contribution in [3.63, 3.8) is 0 Å². The molecule has 1 rings (SSSR count). The Labute approximate surface area is 147 Å². The Hall–Kier alpha value is -0.870. The predicted octanol–water partition coefficient (Wildman–Crippen LogP) is 4.40. The number of aliphatic hydroxyl groups is 1. The second kappa shape index (κ2) is 7.57. The van der Waals surface area contributed by atoms with Crippen LogP contribution in [0.15, 0.2) is 12.2 Å². The summed E-state index contributed by atoms with van der Waals surface area (Å²) in [6, 6.07) is 0. The summed E-state index contributed by atoms with van der Waals surface area (Å²) in [6.07, 6.45) is 4.31. The molecule has 1 saturated carbocycles. The average Bonchev–Trinajstić information content (AvgIpc) is 2.92. The van der Waals surface area contributed by atoms with Crippen LogP contribution in [-0.2, 0) is 14.3 Å². The van der Waals surface area contributed by atoms with Crippen LogP contribution in [0.5, 0.6) is 0 Å². The Balaban J connectivity index is 2.89. The third-order valence-electron chi connectivity index (χ3n) is 5.88. The van der Waals surface area contributed by atoms with Gasteiger partial charge in [-0.15, -0.1) is 0 Å². The maximum absolute atomic E-state index is 11.8. The van der Waals surface area contributed by atoms with E-state index in [0.717, 1.165) is 32.1 Å². The second-order valence-electron chi connectivity index (χ2n) is 8.26. The fourth-order valence-electron chi connectivity index (χ4n) is 3.47. The first kappa shape index (κ1) is 21.2. The highest BCUT2D eigenvalue weighted by atomic mass is 16.5. The van der Waals surface area contributed by atoms with Gasteiger partial charge >= 0.3 is 5.97 Å². The second-order valence-corrected chi connectivity index (χ2v) is 8.26. The fraction of sp³-hybridized carbons (Fsp3) is 0.850. The minimum absolute atomic E-state index is 0.0643. The number of carbonyl (C=O) groups excluding carboxylic acids is 1. The van der Waals surface area contributed by atoms with Crippen LogP contribution in [-0.4, -0.2) is 34.0 Å². The molecule has 0 heterocycles. The molecule has 4 nitrogen and oxygen atoms in total. The Bertz CT molecular complexity index is 455. The highest BCUT2D eigenvalue weighted by molar-refractivity contribution is 5.87. The van der Waals surface area contributed by atoms with Crippen LogP contribution >= 0.6 is 0 Å². The quantitative estimate of drug-likeness (QED) is 0.525. The molecule has 4 heteroatoms. The summed E-state index contributed by atoms with van der Waals surface area (Å²) < 4.78 is 12.1. The van der Waals surface area contributed by atoms with E-state index < -0.39 is 11.2 Å². The predicted molar refractivity (Wildman–Crippen MR) is 96.8 cm³/mol. The van der Waals surface area contributed by atoms with Crippen molar-refractivity contribution in [3.8, 4) is 0 Å². The third kappa shape index (κ3) is 4.60. The van der Waals surface area contributed by atoms with Gasteiger partial charge < -0.3 is 14.6 Å². The van der Waals surface area contributed by atoms with Gasteiger partial charge in [0.2, 0.25) is 0 Å². The van der Waals surface area contributed by atoms with Gasteiger partial charge in [0, 0.05) is 5.57 Å². The number of carbonyl (C=O) groups is 1. The van der Waals surface area contributed by atoms with Crippen LogP contribution in [0.2, 0.25) is 0 Å². The van der Waals surface area contributed by atoms with Gasteiger partial charge in [0.15, 0.2) is 0 Å². The van der Waals surface area contributed by atoms with Crippen molar-refractivity contribution in [2.75, 3.05) is 0 Å². The number of esters is 1. The number of hydrogen-bond donors (Lipinski definition) is 1. The van der Waals surface area contributed by atoms with Crippen LogP contribution in [0.4, 0.5) is 0 Å². The van der Waals surface area contributed by atoms with E-state index in [9.17, 15) is 9.90 Å². The van der Waals surface area contributed by atoms with Crippen LogP contribution in [0.1, 0.15) is 80.6 Å². The minimum Gasteiger partial charge on any atom is -0.459 e. The van der Waals surface area contributed by atoms with Crippen molar-refractivity contribution in [3.05, 3.63) is 12.2 Å². The zero-order chi connectivity index (χ0) is 18.8. The zero-order valence-electron chi connectivity index (χ0n) is 16.6. The Morgan fingerprint density at radius 2 is 1.71 bits per heavy atom. The van der Waals surface area contributed by atoms with E-state index in [1.165, 1.54) is 0 Å². The van der Waals surface area contributed by atoms with E-state index >= 15 is 0 Å². The van der Waals surface area contributed by atoms with Crippen molar-refractivity contribution < 1.29 is 19.4 Å².